The molecule has 2 atom stereocenters. The summed E-state index contributed by atoms with van der Waals surface area (Å²) in [7, 11) is 1.36. The number of ether oxygens (including phenoxy) is 2. The van der Waals surface area contributed by atoms with Crippen LogP contribution in [0.3, 0.4) is 0 Å². The van der Waals surface area contributed by atoms with Crippen LogP contribution in [0.25, 0.3) is 0 Å². The van der Waals surface area contributed by atoms with Gasteiger partial charge in [-0.1, -0.05) is 0 Å². The standard InChI is InChI=1S/C16H20O7/c1-22-14(21)15-4-9-2-10(5-15)7-16(6-9,8-15)23-12(18)3-11(17)13(19)20/h9-10H,2-8H2,1H3,(H,19,20)/p-1. The van der Waals surface area contributed by atoms with Crippen LogP contribution < -0.4 is 5.11 Å². The molecule has 4 fully saturated rings. The van der Waals surface area contributed by atoms with Crippen molar-refractivity contribution in [1.29, 1.82) is 0 Å². The summed E-state index contributed by atoms with van der Waals surface area (Å²) in [5.41, 5.74) is -1.39. The van der Waals surface area contributed by atoms with E-state index in [9.17, 15) is 24.3 Å². The summed E-state index contributed by atoms with van der Waals surface area (Å²) >= 11 is 0. The van der Waals surface area contributed by atoms with Crippen LogP contribution in [0, 0.1) is 17.3 Å². The van der Waals surface area contributed by atoms with E-state index in [-0.39, 0.29) is 5.97 Å². The lowest BCUT2D eigenvalue weighted by Gasteiger charge is -2.59. The number of aliphatic carboxylic acids is 1. The van der Waals surface area contributed by atoms with Gasteiger partial charge in [0, 0.05) is 6.42 Å². The largest absolute Gasteiger partial charge is 0.542 e. The van der Waals surface area contributed by atoms with Crippen molar-refractivity contribution in [1.82, 2.24) is 0 Å². The van der Waals surface area contributed by atoms with Crippen molar-refractivity contribution in [3.05, 3.63) is 0 Å². The van der Waals surface area contributed by atoms with Crippen molar-refractivity contribution >= 4 is 23.7 Å². The number of methoxy groups -OCH3 is 1. The third-order valence-electron chi connectivity index (χ3n) is 5.49. The highest BCUT2D eigenvalue weighted by atomic mass is 16.6. The molecule has 0 radical (unpaired) electrons. The molecule has 0 aromatic carbocycles. The van der Waals surface area contributed by atoms with E-state index in [1.165, 1.54) is 7.11 Å². The third kappa shape index (κ3) is 2.72. The van der Waals surface area contributed by atoms with Gasteiger partial charge < -0.3 is 19.4 Å². The molecular weight excluding hydrogens is 304 g/mol. The zero-order chi connectivity index (χ0) is 16.8. The molecule has 4 aliphatic rings. The molecule has 0 aromatic heterocycles. The van der Waals surface area contributed by atoms with Crippen LogP contribution in [-0.4, -0.2) is 36.4 Å². The first-order valence-electron chi connectivity index (χ1n) is 7.82. The Morgan fingerprint density at radius 2 is 1.70 bits per heavy atom. The lowest BCUT2D eigenvalue weighted by molar-refractivity contribution is -0.300. The summed E-state index contributed by atoms with van der Waals surface area (Å²) in [5.74, 6) is -3.72. The number of Topliss-reactive ketones (excluding diaryl/α,β-unsaturated/α-hetero) is 1. The second kappa shape index (κ2) is 5.32. The number of carbonyl (C=O) groups is 4. The quantitative estimate of drug-likeness (QED) is 0.390. The monoisotopic (exact) mass is 323 g/mol. The van der Waals surface area contributed by atoms with Gasteiger partial charge in [0.25, 0.3) is 0 Å². The summed E-state index contributed by atoms with van der Waals surface area (Å²) in [5, 5.41) is 10.4. The van der Waals surface area contributed by atoms with Gasteiger partial charge in [-0.05, 0) is 43.9 Å². The number of hydrogen-bond donors (Lipinski definition) is 0. The molecule has 0 spiro atoms. The lowest BCUT2D eigenvalue weighted by atomic mass is 9.48. The first kappa shape index (κ1) is 16.0. The van der Waals surface area contributed by atoms with Crippen LogP contribution in [0.2, 0.25) is 0 Å². The van der Waals surface area contributed by atoms with Crippen molar-refractivity contribution < 1.29 is 33.8 Å². The van der Waals surface area contributed by atoms with E-state index in [4.69, 9.17) is 9.47 Å². The molecule has 0 saturated heterocycles. The predicted octanol–water partition coefficient (Wildman–Crippen LogP) is -0.249. The minimum absolute atomic E-state index is 0.266. The highest BCUT2D eigenvalue weighted by molar-refractivity contribution is 6.34. The number of rotatable bonds is 5. The van der Waals surface area contributed by atoms with Crippen molar-refractivity contribution in [2.24, 2.45) is 17.3 Å². The lowest BCUT2D eigenvalue weighted by Crippen LogP contribution is -2.60. The molecule has 4 aliphatic carbocycles. The van der Waals surface area contributed by atoms with Crippen LogP contribution in [0.15, 0.2) is 0 Å². The number of carboxylic acids is 1. The molecule has 4 bridgehead atoms. The van der Waals surface area contributed by atoms with E-state index in [0.717, 1.165) is 19.3 Å². The molecule has 126 valence electrons. The van der Waals surface area contributed by atoms with Gasteiger partial charge in [0.1, 0.15) is 18.0 Å². The average Bonchev–Trinajstić information content (AvgIpc) is 2.43. The summed E-state index contributed by atoms with van der Waals surface area (Å²) < 4.78 is 10.5. The molecule has 0 heterocycles. The SMILES string of the molecule is COC(=O)C12CC3CC(CC(OC(=O)CC(=O)C(=O)[O-])(C3)C1)C2. The van der Waals surface area contributed by atoms with E-state index in [2.05, 4.69) is 0 Å². The summed E-state index contributed by atoms with van der Waals surface area (Å²) in [6.45, 7) is 0. The zero-order valence-corrected chi connectivity index (χ0v) is 13.0. The molecule has 7 nitrogen and oxygen atoms in total. The van der Waals surface area contributed by atoms with E-state index in [1.807, 2.05) is 0 Å². The van der Waals surface area contributed by atoms with E-state index >= 15 is 0 Å². The second-order valence-electron chi connectivity index (χ2n) is 7.28. The van der Waals surface area contributed by atoms with Crippen LogP contribution >= 0.6 is 0 Å². The number of carboxylic acid groups (broad SMARTS) is 1. The smallest absolute Gasteiger partial charge is 0.314 e. The minimum atomic E-state index is -1.89. The Bertz CT molecular complexity index is 565. The zero-order valence-electron chi connectivity index (χ0n) is 13.0. The highest BCUT2D eigenvalue weighted by Gasteiger charge is 2.62. The van der Waals surface area contributed by atoms with Gasteiger partial charge in [-0.25, -0.2) is 0 Å². The van der Waals surface area contributed by atoms with Crippen molar-refractivity contribution in [2.75, 3.05) is 7.11 Å². The van der Waals surface area contributed by atoms with E-state index in [1.54, 1.807) is 0 Å². The Hall–Kier alpha value is -1.92. The maximum atomic E-state index is 12.3. The van der Waals surface area contributed by atoms with Crippen molar-refractivity contribution in [2.45, 2.75) is 50.5 Å². The molecular formula is C16H19O7-. The molecule has 4 saturated carbocycles. The first-order chi connectivity index (χ1) is 10.8. The Balaban J connectivity index is 1.77. The van der Waals surface area contributed by atoms with Crippen LogP contribution in [-0.2, 0) is 28.7 Å². The molecule has 0 aliphatic heterocycles. The van der Waals surface area contributed by atoms with E-state index in [0.29, 0.717) is 31.1 Å². The van der Waals surface area contributed by atoms with E-state index < -0.39 is 35.2 Å². The Morgan fingerprint density at radius 3 is 2.22 bits per heavy atom. The summed E-state index contributed by atoms with van der Waals surface area (Å²) in [4.78, 5) is 45.8. The topological polar surface area (TPSA) is 110 Å². The minimum Gasteiger partial charge on any atom is -0.542 e. The molecule has 2 unspecified atom stereocenters. The van der Waals surface area contributed by atoms with Gasteiger partial charge in [-0.2, -0.15) is 0 Å². The maximum absolute atomic E-state index is 12.3. The maximum Gasteiger partial charge on any atom is 0.314 e. The fourth-order valence-corrected chi connectivity index (χ4v) is 5.23. The fourth-order valence-electron chi connectivity index (χ4n) is 5.23. The van der Waals surface area contributed by atoms with Gasteiger partial charge in [0.15, 0.2) is 5.78 Å². The van der Waals surface area contributed by atoms with Gasteiger partial charge in [-0.3, -0.25) is 14.4 Å². The molecule has 7 heteroatoms. The number of carbonyl (C=O) groups excluding carboxylic acids is 4. The molecule has 0 N–H and O–H groups in total. The van der Waals surface area contributed by atoms with Gasteiger partial charge >= 0.3 is 11.9 Å². The first-order valence-corrected chi connectivity index (χ1v) is 7.82. The molecule has 23 heavy (non-hydrogen) atoms. The van der Waals surface area contributed by atoms with Crippen LogP contribution in [0.5, 0.6) is 0 Å². The number of esters is 2. The van der Waals surface area contributed by atoms with Crippen LogP contribution in [0.1, 0.15) is 44.9 Å². The predicted molar refractivity (Wildman–Crippen MR) is 72.6 cm³/mol. The number of hydrogen-bond acceptors (Lipinski definition) is 7. The Morgan fingerprint density at radius 1 is 1.09 bits per heavy atom. The van der Waals surface area contributed by atoms with Crippen molar-refractivity contribution in [3.63, 3.8) is 0 Å². The van der Waals surface area contributed by atoms with Gasteiger partial charge in [-0.15, -0.1) is 0 Å². The highest BCUT2D eigenvalue weighted by Crippen LogP contribution is 2.63. The van der Waals surface area contributed by atoms with Gasteiger partial charge in [0.05, 0.1) is 12.5 Å². The Labute approximate surface area is 133 Å². The fraction of sp³-hybridized carbons (Fsp3) is 0.750. The van der Waals surface area contributed by atoms with Crippen LogP contribution in [0.4, 0.5) is 0 Å². The summed E-state index contributed by atoms with van der Waals surface area (Å²) in [6.07, 6.45) is 3.38. The Kier molecular flexibility index (Phi) is 3.69. The van der Waals surface area contributed by atoms with Gasteiger partial charge in [0.2, 0.25) is 0 Å². The normalized spacial score (nSPS) is 37.3. The number of ketones is 1. The molecule has 4 rings (SSSR count). The molecule has 0 aromatic rings. The second-order valence-corrected chi connectivity index (χ2v) is 7.28. The average molecular weight is 323 g/mol. The third-order valence-corrected chi connectivity index (χ3v) is 5.49. The molecule has 0 amide bonds. The van der Waals surface area contributed by atoms with Crippen molar-refractivity contribution in [3.8, 4) is 0 Å². The summed E-state index contributed by atoms with van der Waals surface area (Å²) in [6, 6.07) is 0.